The predicted molar refractivity (Wildman–Crippen MR) is 82.0 cm³/mol. The molecule has 0 radical (unpaired) electrons. The lowest BCUT2D eigenvalue weighted by Gasteiger charge is -2.10. The SMILES string of the molecule is Cc1nn(C)c(Oc2cc(F)cc(Br)c2)c1CNC1CC1. The number of nitrogens with one attached hydrogen (secondary N) is 1. The Bertz CT molecular complexity index is 647. The third-order valence-corrected chi connectivity index (χ3v) is 3.94. The lowest BCUT2D eigenvalue weighted by molar-refractivity contribution is 0.420. The summed E-state index contributed by atoms with van der Waals surface area (Å²) in [5.41, 5.74) is 1.95. The number of aromatic nitrogens is 2. The van der Waals surface area contributed by atoms with Crippen molar-refractivity contribution in [1.29, 1.82) is 0 Å². The molecule has 1 N–H and O–H groups in total. The highest BCUT2D eigenvalue weighted by atomic mass is 79.9. The Kier molecular flexibility index (Phi) is 3.99. The van der Waals surface area contributed by atoms with Gasteiger partial charge in [-0.1, -0.05) is 15.9 Å². The third-order valence-electron chi connectivity index (χ3n) is 3.48. The van der Waals surface area contributed by atoms with E-state index in [-0.39, 0.29) is 5.82 Å². The molecule has 1 saturated carbocycles. The number of ether oxygens (including phenoxy) is 1. The van der Waals surface area contributed by atoms with E-state index < -0.39 is 0 Å². The van der Waals surface area contributed by atoms with Crippen LogP contribution in [0.25, 0.3) is 0 Å². The van der Waals surface area contributed by atoms with Crippen molar-refractivity contribution in [3.63, 3.8) is 0 Å². The fraction of sp³-hybridized carbons (Fsp3) is 0.400. The monoisotopic (exact) mass is 353 g/mol. The number of hydrogen-bond acceptors (Lipinski definition) is 3. The van der Waals surface area contributed by atoms with E-state index in [9.17, 15) is 4.39 Å². The molecule has 1 aliphatic rings. The number of aryl methyl sites for hydroxylation is 2. The molecule has 0 spiro atoms. The van der Waals surface area contributed by atoms with Crippen LogP contribution in [0.2, 0.25) is 0 Å². The maximum Gasteiger partial charge on any atom is 0.222 e. The zero-order valence-electron chi connectivity index (χ0n) is 12.0. The van der Waals surface area contributed by atoms with Gasteiger partial charge in [-0.15, -0.1) is 0 Å². The summed E-state index contributed by atoms with van der Waals surface area (Å²) in [4.78, 5) is 0. The average Bonchev–Trinajstić information content (AvgIpc) is 3.16. The molecule has 1 aliphatic carbocycles. The Balaban J connectivity index is 1.85. The number of nitrogens with zero attached hydrogens (tertiary/aromatic N) is 2. The number of benzene rings is 1. The fourth-order valence-corrected chi connectivity index (χ4v) is 2.69. The van der Waals surface area contributed by atoms with Crippen LogP contribution in [-0.2, 0) is 13.6 Å². The van der Waals surface area contributed by atoms with Crippen LogP contribution in [0.15, 0.2) is 22.7 Å². The van der Waals surface area contributed by atoms with Gasteiger partial charge in [-0.3, -0.25) is 0 Å². The molecule has 0 atom stereocenters. The lowest BCUT2D eigenvalue weighted by Crippen LogP contribution is -2.16. The summed E-state index contributed by atoms with van der Waals surface area (Å²) in [6, 6.07) is 5.12. The van der Waals surface area contributed by atoms with Gasteiger partial charge in [-0.25, -0.2) is 9.07 Å². The van der Waals surface area contributed by atoms with Crippen LogP contribution in [0.4, 0.5) is 4.39 Å². The first-order valence-corrected chi connectivity index (χ1v) is 7.72. The zero-order valence-corrected chi connectivity index (χ0v) is 13.6. The Labute approximate surface area is 131 Å². The van der Waals surface area contributed by atoms with Gasteiger partial charge in [0.1, 0.15) is 11.6 Å². The van der Waals surface area contributed by atoms with Crippen molar-refractivity contribution in [3.05, 3.63) is 39.7 Å². The molecule has 112 valence electrons. The van der Waals surface area contributed by atoms with Gasteiger partial charge in [-0.05, 0) is 31.9 Å². The van der Waals surface area contributed by atoms with E-state index in [2.05, 4.69) is 26.3 Å². The summed E-state index contributed by atoms with van der Waals surface area (Å²) in [6.45, 7) is 2.68. The third kappa shape index (κ3) is 3.44. The van der Waals surface area contributed by atoms with Crippen molar-refractivity contribution in [2.75, 3.05) is 0 Å². The van der Waals surface area contributed by atoms with Gasteiger partial charge in [0.2, 0.25) is 5.88 Å². The Morgan fingerprint density at radius 3 is 2.86 bits per heavy atom. The highest BCUT2D eigenvalue weighted by molar-refractivity contribution is 9.10. The van der Waals surface area contributed by atoms with Crippen LogP contribution in [0, 0.1) is 12.7 Å². The smallest absolute Gasteiger partial charge is 0.222 e. The fourth-order valence-electron chi connectivity index (χ4n) is 2.24. The minimum atomic E-state index is -0.337. The highest BCUT2D eigenvalue weighted by Crippen LogP contribution is 2.30. The van der Waals surface area contributed by atoms with Gasteiger partial charge in [0, 0.05) is 30.2 Å². The summed E-state index contributed by atoms with van der Waals surface area (Å²) in [5.74, 6) is 0.770. The summed E-state index contributed by atoms with van der Waals surface area (Å²) in [5, 5.41) is 7.86. The van der Waals surface area contributed by atoms with E-state index in [1.807, 2.05) is 14.0 Å². The van der Waals surface area contributed by atoms with E-state index in [0.717, 1.165) is 17.8 Å². The second-order valence-electron chi connectivity index (χ2n) is 5.36. The van der Waals surface area contributed by atoms with Crippen LogP contribution in [-0.4, -0.2) is 15.8 Å². The largest absolute Gasteiger partial charge is 0.439 e. The van der Waals surface area contributed by atoms with Gasteiger partial charge >= 0.3 is 0 Å². The molecule has 3 rings (SSSR count). The molecule has 0 aliphatic heterocycles. The molecule has 0 saturated heterocycles. The van der Waals surface area contributed by atoms with Gasteiger partial charge in [0.15, 0.2) is 0 Å². The summed E-state index contributed by atoms with van der Waals surface area (Å²) in [7, 11) is 1.83. The quantitative estimate of drug-likeness (QED) is 0.891. The maximum atomic E-state index is 13.5. The number of halogens is 2. The van der Waals surface area contributed by atoms with Gasteiger partial charge in [0.05, 0.1) is 11.3 Å². The van der Waals surface area contributed by atoms with Crippen LogP contribution in [0.5, 0.6) is 11.6 Å². The molecular weight excluding hydrogens is 337 g/mol. The molecule has 1 aromatic heterocycles. The topological polar surface area (TPSA) is 39.1 Å². The molecule has 0 bridgehead atoms. The first kappa shape index (κ1) is 14.5. The zero-order chi connectivity index (χ0) is 15.0. The molecule has 1 heterocycles. The second-order valence-corrected chi connectivity index (χ2v) is 6.27. The Morgan fingerprint density at radius 1 is 1.43 bits per heavy atom. The summed E-state index contributed by atoms with van der Waals surface area (Å²) in [6.07, 6.45) is 2.46. The van der Waals surface area contributed by atoms with Gasteiger partial charge in [0.25, 0.3) is 0 Å². The van der Waals surface area contributed by atoms with E-state index in [1.54, 1.807) is 10.7 Å². The molecule has 1 fully saturated rings. The first-order chi connectivity index (χ1) is 10.0. The van der Waals surface area contributed by atoms with Crippen molar-refractivity contribution < 1.29 is 9.13 Å². The van der Waals surface area contributed by atoms with Gasteiger partial charge < -0.3 is 10.1 Å². The van der Waals surface area contributed by atoms with E-state index in [1.165, 1.54) is 25.0 Å². The average molecular weight is 354 g/mol. The maximum absolute atomic E-state index is 13.5. The van der Waals surface area contributed by atoms with Crippen LogP contribution >= 0.6 is 15.9 Å². The second kappa shape index (κ2) is 5.77. The van der Waals surface area contributed by atoms with Gasteiger partial charge in [-0.2, -0.15) is 5.10 Å². The van der Waals surface area contributed by atoms with Crippen molar-refractivity contribution >= 4 is 15.9 Å². The molecule has 21 heavy (non-hydrogen) atoms. The molecule has 6 heteroatoms. The molecule has 4 nitrogen and oxygen atoms in total. The predicted octanol–water partition coefficient (Wildman–Crippen LogP) is 3.67. The van der Waals surface area contributed by atoms with E-state index >= 15 is 0 Å². The Morgan fingerprint density at radius 2 is 2.19 bits per heavy atom. The van der Waals surface area contributed by atoms with Crippen molar-refractivity contribution in [2.45, 2.75) is 32.4 Å². The first-order valence-electron chi connectivity index (χ1n) is 6.92. The van der Waals surface area contributed by atoms with Crippen molar-refractivity contribution in [1.82, 2.24) is 15.1 Å². The molecule has 0 amide bonds. The number of rotatable bonds is 5. The molecular formula is C15H17BrFN3O. The van der Waals surface area contributed by atoms with E-state index in [4.69, 9.17) is 4.74 Å². The lowest BCUT2D eigenvalue weighted by atomic mass is 10.2. The number of hydrogen-bond donors (Lipinski definition) is 1. The van der Waals surface area contributed by atoms with Crippen molar-refractivity contribution in [3.8, 4) is 11.6 Å². The molecule has 1 aromatic carbocycles. The standard InChI is InChI=1S/C15H17BrFN3O/c1-9-14(8-18-12-3-4-12)15(20(2)19-9)21-13-6-10(16)5-11(17)7-13/h5-7,12,18H,3-4,8H2,1-2H3. The van der Waals surface area contributed by atoms with Crippen LogP contribution in [0.1, 0.15) is 24.1 Å². The van der Waals surface area contributed by atoms with Crippen molar-refractivity contribution in [2.24, 2.45) is 7.05 Å². The van der Waals surface area contributed by atoms with E-state index in [0.29, 0.717) is 22.1 Å². The minimum Gasteiger partial charge on any atom is -0.439 e. The molecule has 2 aromatic rings. The normalized spacial score (nSPS) is 14.5. The van der Waals surface area contributed by atoms with Crippen LogP contribution < -0.4 is 10.1 Å². The summed E-state index contributed by atoms with van der Waals surface area (Å²) >= 11 is 3.27. The summed E-state index contributed by atoms with van der Waals surface area (Å²) < 4.78 is 21.7. The highest BCUT2D eigenvalue weighted by Gasteiger charge is 2.23. The van der Waals surface area contributed by atoms with Crippen LogP contribution in [0.3, 0.4) is 0 Å². The minimum absolute atomic E-state index is 0.337. The Hall–Kier alpha value is -1.40. The molecule has 0 unspecified atom stereocenters.